The molecule has 1 amide bonds. The summed E-state index contributed by atoms with van der Waals surface area (Å²) in [5, 5.41) is 4.19. The van der Waals surface area contributed by atoms with E-state index >= 15 is 0 Å². The van der Waals surface area contributed by atoms with E-state index in [9.17, 15) is 9.59 Å². The van der Waals surface area contributed by atoms with Gasteiger partial charge in [-0.2, -0.15) is 4.98 Å². The molecule has 174 valence electrons. The van der Waals surface area contributed by atoms with Gasteiger partial charge in [-0.15, -0.1) is 0 Å². The monoisotopic (exact) mass is 447 g/mol. The average molecular weight is 448 g/mol. The normalized spacial score (nSPS) is 14.0. The van der Waals surface area contributed by atoms with E-state index in [1.807, 2.05) is 54.5 Å². The molecule has 0 atom stereocenters. The van der Waals surface area contributed by atoms with Crippen LogP contribution in [-0.2, 0) is 11.2 Å². The van der Waals surface area contributed by atoms with Crippen molar-refractivity contribution in [1.82, 2.24) is 19.4 Å². The molecular formula is C26H33N5O2. The SMILES string of the molecule is CCN(CC)C(=O)CCc1ccc(Nc2ncc3c(C)cc(=O)n(C4CCCC4)c3n2)cc1. The van der Waals surface area contributed by atoms with E-state index in [1.54, 1.807) is 12.3 Å². The highest BCUT2D eigenvalue weighted by Crippen LogP contribution is 2.31. The molecule has 1 aliphatic carbocycles. The fourth-order valence-corrected chi connectivity index (χ4v) is 4.72. The third kappa shape index (κ3) is 5.07. The van der Waals surface area contributed by atoms with E-state index < -0.39 is 0 Å². The summed E-state index contributed by atoms with van der Waals surface area (Å²) in [6.45, 7) is 7.44. The Balaban J connectivity index is 1.51. The number of hydrogen-bond acceptors (Lipinski definition) is 5. The van der Waals surface area contributed by atoms with Gasteiger partial charge in [0.1, 0.15) is 5.65 Å². The van der Waals surface area contributed by atoms with Gasteiger partial charge < -0.3 is 10.2 Å². The minimum atomic E-state index is 0.0140. The van der Waals surface area contributed by atoms with Gasteiger partial charge in [0.05, 0.1) is 0 Å². The van der Waals surface area contributed by atoms with Crippen LogP contribution in [0.25, 0.3) is 11.0 Å². The van der Waals surface area contributed by atoms with Gasteiger partial charge in [-0.25, -0.2) is 4.98 Å². The number of rotatable bonds is 8. The number of nitrogens with zero attached hydrogens (tertiary/aromatic N) is 4. The number of carbonyl (C=O) groups excluding carboxylic acids is 1. The van der Waals surface area contributed by atoms with E-state index in [1.165, 1.54) is 0 Å². The van der Waals surface area contributed by atoms with Crippen molar-refractivity contribution >= 4 is 28.6 Å². The van der Waals surface area contributed by atoms with Crippen LogP contribution in [0.1, 0.15) is 63.1 Å². The Morgan fingerprint density at radius 1 is 1.15 bits per heavy atom. The highest BCUT2D eigenvalue weighted by molar-refractivity contribution is 5.79. The van der Waals surface area contributed by atoms with Crippen LogP contribution in [0.5, 0.6) is 0 Å². The Hall–Kier alpha value is -3.22. The van der Waals surface area contributed by atoms with Gasteiger partial charge >= 0.3 is 0 Å². The molecule has 0 aliphatic heterocycles. The first kappa shape index (κ1) is 23.0. The fraction of sp³-hybridized carbons (Fsp3) is 0.462. The van der Waals surface area contributed by atoms with Crippen molar-refractivity contribution in [1.29, 1.82) is 0 Å². The Morgan fingerprint density at radius 2 is 1.85 bits per heavy atom. The first-order chi connectivity index (χ1) is 16.0. The summed E-state index contributed by atoms with van der Waals surface area (Å²) in [5.74, 6) is 0.666. The largest absolute Gasteiger partial charge is 0.343 e. The van der Waals surface area contributed by atoms with Crippen molar-refractivity contribution in [2.75, 3.05) is 18.4 Å². The number of aryl methyl sites for hydroxylation is 2. The van der Waals surface area contributed by atoms with Crippen LogP contribution >= 0.6 is 0 Å². The molecule has 1 saturated carbocycles. The maximum atomic E-state index is 12.8. The summed E-state index contributed by atoms with van der Waals surface area (Å²) < 4.78 is 1.86. The third-order valence-electron chi connectivity index (χ3n) is 6.64. The predicted molar refractivity (Wildman–Crippen MR) is 132 cm³/mol. The molecular weight excluding hydrogens is 414 g/mol. The van der Waals surface area contributed by atoms with Gasteiger partial charge in [0.2, 0.25) is 11.9 Å². The van der Waals surface area contributed by atoms with E-state index in [4.69, 9.17) is 4.98 Å². The van der Waals surface area contributed by atoms with Crippen LogP contribution in [0.2, 0.25) is 0 Å². The smallest absolute Gasteiger partial charge is 0.252 e. The quantitative estimate of drug-likeness (QED) is 0.539. The number of aromatic nitrogens is 3. The maximum absolute atomic E-state index is 12.8. The molecule has 2 aromatic heterocycles. The first-order valence-electron chi connectivity index (χ1n) is 12.0. The molecule has 1 aromatic carbocycles. The van der Waals surface area contributed by atoms with E-state index in [0.29, 0.717) is 18.0 Å². The topological polar surface area (TPSA) is 80.1 Å². The number of anilines is 2. The molecule has 0 unspecified atom stereocenters. The van der Waals surface area contributed by atoms with Crippen LogP contribution in [0.4, 0.5) is 11.6 Å². The molecule has 7 nitrogen and oxygen atoms in total. The van der Waals surface area contributed by atoms with Gasteiger partial charge in [-0.05, 0) is 63.3 Å². The van der Waals surface area contributed by atoms with Crippen LogP contribution in [0, 0.1) is 6.92 Å². The molecule has 3 aromatic rings. The van der Waals surface area contributed by atoms with Crippen LogP contribution in [-0.4, -0.2) is 38.4 Å². The second-order valence-electron chi connectivity index (χ2n) is 8.79. The number of benzene rings is 1. The molecule has 2 heterocycles. The van der Waals surface area contributed by atoms with Crippen molar-refractivity contribution in [3.63, 3.8) is 0 Å². The van der Waals surface area contributed by atoms with Gasteiger partial charge in [0.25, 0.3) is 5.56 Å². The Bertz CT molecular complexity index is 1180. The predicted octanol–water partition coefficient (Wildman–Crippen LogP) is 4.76. The lowest BCUT2D eigenvalue weighted by atomic mass is 10.1. The molecule has 4 rings (SSSR count). The number of hydrogen-bond donors (Lipinski definition) is 1. The zero-order valence-electron chi connectivity index (χ0n) is 19.8. The average Bonchev–Trinajstić information content (AvgIpc) is 3.34. The van der Waals surface area contributed by atoms with E-state index in [0.717, 1.165) is 67.4 Å². The number of carbonyl (C=O) groups is 1. The molecule has 33 heavy (non-hydrogen) atoms. The summed E-state index contributed by atoms with van der Waals surface area (Å²) in [4.78, 5) is 36.1. The minimum absolute atomic E-state index is 0.0140. The molecule has 1 N–H and O–H groups in total. The van der Waals surface area contributed by atoms with Crippen LogP contribution < -0.4 is 10.9 Å². The van der Waals surface area contributed by atoms with Crippen molar-refractivity contribution in [3.8, 4) is 0 Å². The second kappa shape index (κ2) is 10.1. The summed E-state index contributed by atoms with van der Waals surface area (Å²) >= 11 is 0. The first-order valence-corrected chi connectivity index (χ1v) is 12.0. The van der Waals surface area contributed by atoms with Crippen molar-refractivity contribution < 1.29 is 4.79 Å². The lowest BCUT2D eigenvalue weighted by Gasteiger charge is -2.18. The molecule has 1 aliphatic rings. The lowest BCUT2D eigenvalue weighted by molar-refractivity contribution is -0.130. The highest BCUT2D eigenvalue weighted by Gasteiger charge is 2.21. The summed E-state index contributed by atoms with van der Waals surface area (Å²) in [6, 6.07) is 9.91. The minimum Gasteiger partial charge on any atom is -0.343 e. The van der Waals surface area contributed by atoms with Gasteiger partial charge in [0, 0.05) is 48.9 Å². The lowest BCUT2D eigenvalue weighted by Crippen LogP contribution is -2.30. The number of fused-ring (bicyclic) bond motifs is 1. The van der Waals surface area contributed by atoms with Crippen LogP contribution in [0.15, 0.2) is 41.3 Å². The summed E-state index contributed by atoms with van der Waals surface area (Å²) in [5.41, 5.74) is 3.61. The molecule has 7 heteroatoms. The Morgan fingerprint density at radius 3 is 2.52 bits per heavy atom. The van der Waals surface area contributed by atoms with Crippen molar-refractivity contribution in [2.45, 2.75) is 65.3 Å². The van der Waals surface area contributed by atoms with Crippen molar-refractivity contribution in [3.05, 3.63) is 58.0 Å². The molecule has 0 spiro atoms. The van der Waals surface area contributed by atoms with Gasteiger partial charge in [-0.3, -0.25) is 14.2 Å². The highest BCUT2D eigenvalue weighted by atomic mass is 16.2. The number of amides is 1. The molecule has 0 saturated heterocycles. The standard InChI is InChI=1S/C26H33N5O2/c1-4-30(5-2)23(32)15-12-19-10-13-20(14-11-19)28-26-27-17-22-18(3)16-24(33)31(25(22)29-26)21-8-6-7-9-21/h10-11,13-14,16-17,21H,4-9,12,15H2,1-3H3,(H,27,28,29). The van der Waals surface area contributed by atoms with Gasteiger partial charge in [-0.1, -0.05) is 25.0 Å². The van der Waals surface area contributed by atoms with Gasteiger partial charge in [0.15, 0.2) is 0 Å². The number of nitrogens with one attached hydrogen (secondary N) is 1. The molecule has 1 fully saturated rings. The van der Waals surface area contributed by atoms with E-state index in [-0.39, 0.29) is 17.5 Å². The summed E-state index contributed by atoms with van der Waals surface area (Å²) in [7, 11) is 0. The fourth-order valence-electron chi connectivity index (χ4n) is 4.72. The maximum Gasteiger partial charge on any atom is 0.252 e. The Labute approximate surface area is 194 Å². The van der Waals surface area contributed by atoms with Crippen LogP contribution in [0.3, 0.4) is 0 Å². The Kier molecular flexibility index (Phi) is 7.06. The van der Waals surface area contributed by atoms with Crippen molar-refractivity contribution in [2.24, 2.45) is 0 Å². The molecule has 0 radical (unpaired) electrons. The second-order valence-corrected chi connectivity index (χ2v) is 8.79. The zero-order chi connectivity index (χ0) is 23.4. The summed E-state index contributed by atoms with van der Waals surface area (Å²) in [6.07, 6.45) is 7.37. The zero-order valence-corrected chi connectivity index (χ0v) is 19.8. The third-order valence-corrected chi connectivity index (χ3v) is 6.64. The number of pyridine rings is 1. The van der Waals surface area contributed by atoms with E-state index in [2.05, 4.69) is 10.3 Å². The molecule has 0 bridgehead atoms.